The Morgan fingerprint density at radius 3 is 2.74 bits per heavy atom. The van der Waals surface area contributed by atoms with Crippen LogP contribution in [0.2, 0.25) is 0 Å². The van der Waals surface area contributed by atoms with Crippen LogP contribution in [-0.4, -0.2) is 40.3 Å². The number of thiazole rings is 1. The number of nitrogens with zero attached hydrogens (tertiary/aromatic N) is 1. The van der Waals surface area contributed by atoms with Crippen LogP contribution in [0.25, 0.3) is 5.70 Å². The fourth-order valence-corrected chi connectivity index (χ4v) is 5.09. The average Bonchev–Trinajstić information content (AvgIpc) is 3.52. The second-order valence-electron chi connectivity index (χ2n) is 7.90. The van der Waals surface area contributed by atoms with E-state index in [2.05, 4.69) is 21.1 Å². The first kappa shape index (κ1) is 25.1. The molecule has 2 N–H and O–H groups in total. The number of benzene rings is 2. The predicted molar refractivity (Wildman–Crippen MR) is 132 cm³/mol. The fraction of sp³-hybridized carbons (Fsp3) is 0.292. The molecular formula is C24H26FN3O5S2. The van der Waals surface area contributed by atoms with E-state index >= 15 is 0 Å². The molecule has 186 valence electrons. The molecule has 0 amide bonds. The lowest BCUT2D eigenvalue weighted by atomic mass is 10.1. The summed E-state index contributed by atoms with van der Waals surface area (Å²) in [6, 6.07) is 8.86. The Hall–Kier alpha value is -2.99. The number of halogens is 1. The van der Waals surface area contributed by atoms with Crippen LogP contribution in [0.15, 0.2) is 58.9 Å². The third kappa shape index (κ3) is 5.99. The molecule has 0 radical (unpaired) electrons. The first-order valence-corrected chi connectivity index (χ1v) is 13.2. The van der Waals surface area contributed by atoms with E-state index in [9.17, 15) is 12.8 Å². The van der Waals surface area contributed by atoms with Crippen LogP contribution in [0.5, 0.6) is 17.2 Å². The second kappa shape index (κ2) is 10.7. The molecular weight excluding hydrogens is 493 g/mol. The summed E-state index contributed by atoms with van der Waals surface area (Å²) < 4.78 is 57.8. The van der Waals surface area contributed by atoms with Crippen LogP contribution in [0, 0.1) is 5.82 Å². The highest BCUT2D eigenvalue weighted by Crippen LogP contribution is 2.36. The van der Waals surface area contributed by atoms with E-state index in [0.717, 1.165) is 28.8 Å². The SMILES string of the molecule is CNS(=O)(=O)c1ccc(Oc2cc(O[C@@H](C)COC)cc(C3=CCC(c4nccs4)N3)c2)c(F)c1. The van der Waals surface area contributed by atoms with Crippen LogP contribution in [-0.2, 0) is 14.8 Å². The molecule has 2 heterocycles. The van der Waals surface area contributed by atoms with Crippen molar-refractivity contribution in [3.8, 4) is 17.2 Å². The minimum absolute atomic E-state index is 0.0745. The van der Waals surface area contributed by atoms with Crippen molar-refractivity contribution in [3.63, 3.8) is 0 Å². The number of sulfonamides is 1. The van der Waals surface area contributed by atoms with Crippen molar-refractivity contribution in [1.29, 1.82) is 0 Å². The van der Waals surface area contributed by atoms with Gasteiger partial charge in [-0.05, 0) is 50.7 Å². The van der Waals surface area contributed by atoms with Crippen molar-refractivity contribution < 1.29 is 27.0 Å². The van der Waals surface area contributed by atoms with Gasteiger partial charge < -0.3 is 19.5 Å². The summed E-state index contributed by atoms with van der Waals surface area (Å²) in [5.74, 6) is -0.0472. The Bertz CT molecular complexity index is 1310. The first-order valence-electron chi connectivity index (χ1n) is 10.9. The monoisotopic (exact) mass is 519 g/mol. The van der Waals surface area contributed by atoms with Gasteiger partial charge in [-0.2, -0.15) is 0 Å². The number of methoxy groups -OCH3 is 1. The molecule has 0 bridgehead atoms. The smallest absolute Gasteiger partial charge is 0.240 e. The zero-order valence-electron chi connectivity index (χ0n) is 19.4. The van der Waals surface area contributed by atoms with Crippen molar-refractivity contribution in [2.75, 3.05) is 20.8 Å². The molecule has 0 spiro atoms. The molecule has 3 aromatic rings. The molecule has 4 rings (SSSR count). The lowest BCUT2D eigenvalue weighted by molar-refractivity contribution is 0.0919. The largest absolute Gasteiger partial charge is 0.488 e. The van der Waals surface area contributed by atoms with Crippen molar-refractivity contribution in [1.82, 2.24) is 15.0 Å². The number of nitrogens with one attached hydrogen (secondary N) is 2. The summed E-state index contributed by atoms with van der Waals surface area (Å²) in [7, 11) is -0.916. The lowest BCUT2D eigenvalue weighted by Crippen LogP contribution is -2.18. The van der Waals surface area contributed by atoms with Crippen LogP contribution in [0.1, 0.15) is 30.0 Å². The maximum absolute atomic E-state index is 14.7. The van der Waals surface area contributed by atoms with Gasteiger partial charge in [0.15, 0.2) is 11.6 Å². The maximum Gasteiger partial charge on any atom is 0.240 e. The summed E-state index contributed by atoms with van der Waals surface area (Å²) in [5.41, 5.74) is 1.69. The molecule has 1 aliphatic heterocycles. The van der Waals surface area contributed by atoms with E-state index in [1.54, 1.807) is 36.8 Å². The van der Waals surface area contributed by atoms with E-state index in [4.69, 9.17) is 14.2 Å². The van der Waals surface area contributed by atoms with Gasteiger partial charge in [0.05, 0.1) is 17.5 Å². The topological polar surface area (TPSA) is 98.8 Å². The average molecular weight is 520 g/mol. The highest BCUT2D eigenvalue weighted by molar-refractivity contribution is 7.89. The third-order valence-corrected chi connectivity index (χ3v) is 7.58. The van der Waals surface area contributed by atoms with Crippen LogP contribution < -0.4 is 19.5 Å². The lowest BCUT2D eigenvalue weighted by Gasteiger charge is -2.18. The van der Waals surface area contributed by atoms with E-state index in [1.807, 2.05) is 18.4 Å². The normalized spacial score (nSPS) is 16.5. The van der Waals surface area contributed by atoms with Crippen molar-refractivity contribution in [3.05, 3.63) is 70.4 Å². The van der Waals surface area contributed by atoms with Crippen molar-refractivity contribution >= 4 is 27.1 Å². The Labute approximate surface area is 207 Å². The summed E-state index contributed by atoms with van der Waals surface area (Å²) in [6.45, 7) is 2.27. The summed E-state index contributed by atoms with van der Waals surface area (Å²) >= 11 is 1.59. The Balaban J connectivity index is 1.62. The standard InChI is InChI=1S/C24H26FN3O5S2/c1-15(14-31-3)32-17-10-16(21-5-6-22(28-21)24-27-8-9-34-24)11-18(12-17)33-23-7-4-19(13-20(23)25)35(29,30)26-2/h4-5,7-13,15,22,26,28H,6,14H2,1-3H3/t15-,22?/m0/s1. The van der Waals surface area contributed by atoms with Crippen LogP contribution in [0.3, 0.4) is 0 Å². The molecule has 0 fully saturated rings. The molecule has 1 aromatic heterocycles. The number of aromatic nitrogens is 1. The van der Waals surface area contributed by atoms with E-state index < -0.39 is 15.8 Å². The molecule has 2 atom stereocenters. The van der Waals surface area contributed by atoms with Crippen LogP contribution in [0.4, 0.5) is 4.39 Å². The van der Waals surface area contributed by atoms with E-state index in [0.29, 0.717) is 18.1 Å². The number of hydrogen-bond acceptors (Lipinski definition) is 8. The van der Waals surface area contributed by atoms with Gasteiger partial charge in [-0.25, -0.2) is 22.5 Å². The van der Waals surface area contributed by atoms with Crippen molar-refractivity contribution in [2.45, 2.75) is 30.4 Å². The summed E-state index contributed by atoms with van der Waals surface area (Å²) in [5, 5.41) is 6.41. The highest BCUT2D eigenvalue weighted by Gasteiger charge is 2.22. The molecule has 2 aromatic carbocycles. The van der Waals surface area contributed by atoms with Gasteiger partial charge in [0.25, 0.3) is 0 Å². The highest BCUT2D eigenvalue weighted by atomic mass is 32.2. The molecule has 0 saturated heterocycles. The quantitative estimate of drug-likeness (QED) is 0.408. The third-order valence-electron chi connectivity index (χ3n) is 5.28. The molecule has 11 heteroatoms. The zero-order chi connectivity index (χ0) is 25.0. The number of ether oxygens (including phenoxy) is 3. The van der Waals surface area contributed by atoms with E-state index in [1.165, 1.54) is 19.2 Å². The molecule has 1 unspecified atom stereocenters. The van der Waals surface area contributed by atoms with Gasteiger partial charge >= 0.3 is 0 Å². The van der Waals surface area contributed by atoms with Gasteiger partial charge in [0.2, 0.25) is 10.0 Å². The van der Waals surface area contributed by atoms with Crippen LogP contribution >= 0.6 is 11.3 Å². The minimum Gasteiger partial charge on any atom is -0.488 e. The van der Waals surface area contributed by atoms with E-state index in [-0.39, 0.29) is 22.8 Å². The fourth-order valence-electron chi connectivity index (χ4n) is 3.64. The summed E-state index contributed by atoms with van der Waals surface area (Å²) in [6.07, 6.45) is 4.41. The summed E-state index contributed by atoms with van der Waals surface area (Å²) in [4.78, 5) is 4.20. The van der Waals surface area contributed by atoms with Gasteiger partial charge in [0.1, 0.15) is 22.6 Å². The number of rotatable bonds is 10. The molecule has 8 nitrogen and oxygen atoms in total. The predicted octanol–water partition coefficient (Wildman–Crippen LogP) is 4.47. The van der Waals surface area contributed by atoms with Gasteiger partial charge in [-0.1, -0.05) is 6.08 Å². The second-order valence-corrected chi connectivity index (χ2v) is 10.7. The Morgan fingerprint density at radius 1 is 1.26 bits per heavy atom. The Kier molecular flexibility index (Phi) is 7.70. The maximum atomic E-state index is 14.7. The number of hydrogen-bond donors (Lipinski definition) is 2. The van der Waals surface area contributed by atoms with Gasteiger partial charge in [0, 0.05) is 36.0 Å². The molecule has 1 aliphatic rings. The minimum atomic E-state index is -3.78. The first-order chi connectivity index (χ1) is 16.8. The molecule has 0 aliphatic carbocycles. The molecule has 0 saturated carbocycles. The zero-order valence-corrected chi connectivity index (χ0v) is 21.1. The van der Waals surface area contributed by atoms with Gasteiger partial charge in [-0.15, -0.1) is 11.3 Å². The molecule has 35 heavy (non-hydrogen) atoms. The van der Waals surface area contributed by atoms with Crippen molar-refractivity contribution in [2.24, 2.45) is 0 Å². The Morgan fingerprint density at radius 2 is 2.06 bits per heavy atom. The van der Waals surface area contributed by atoms with Gasteiger partial charge in [-0.3, -0.25) is 0 Å².